The van der Waals surface area contributed by atoms with Crippen molar-refractivity contribution >= 4 is 68.6 Å². The molecular formula is C9H16Br2Cl2O4. The van der Waals surface area contributed by atoms with E-state index in [1.54, 1.807) is 0 Å². The minimum absolute atomic E-state index is 0. The predicted octanol–water partition coefficient (Wildman–Crippen LogP) is 3.48. The highest BCUT2D eigenvalue weighted by atomic mass is 79.9. The summed E-state index contributed by atoms with van der Waals surface area (Å²) < 4.78 is 0. The van der Waals surface area contributed by atoms with Crippen LogP contribution < -0.4 is 0 Å². The Morgan fingerprint density at radius 1 is 1.00 bits per heavy atom. The molecular weight excluding hydrogens is 403 g/mol. The van der Waals surface area contributed by atoms with E-state index in [9.17, 15) is 9.59 Å². The van der Waals surface area contributed by atoms with Crippen molar-refractivity contribution in [2.24, 2.45) is 0 Å². The summed E-state index contributed by atoms with van der Waals surface area (Å²) in [6.07, 6.45) is 3.20. The Kier molecular flexibility index (Phi) is 17.2. The first-order valence-corrected chi connectivity index (χ1v) is 6.51. The fraction of sp³-hybridized carbons (Fsp3) is 0.778. The molecule has 8 heteroatoms. The molecule has 104 valence electrons. The van der Waals surface area contributed by atoms with Crippen LogP contribution in [0.25, 0.3) is 0 Å². The fourth-order valence-electron chi connectivity index (χ4n) is 1.09. The number of halogens is 4. The van der Waals surface area contributed by atoms with Gasteiger partial charge in [-0.2, -0.15) is 0 Å². The minimum Gasteiger partial charge on any atom is -0.481 e. The third-order valence-corrected chi connectivity index (χ3v) is 4.65. The first kappa shape index (κ1) is 22.6. The average molecular weight is 419 g/mol. The Bertz CT molecular complexity index is 229. The van der Waals surface area contributed by atoms with E-state index in [1.165, 1.54) is 0 Å². The van der Waals surface area contributed by atoms with Crippen molar-refractivity contribution in [3.8, 4) is 0 Å². The van der Waals surface area contributed by atoms with Gasteiger partial charge in [0.1, 0.15) is 4.83 Å². The normalized spacial score (nSPS) is 12.8. The van der Waals surface area contributed by atoms with Crippen molar-refractivity contribution in [3.63, 3.8) is 0 Å². The van der Waals surface area contributed by atoms with Gasteiger partial charge in [-0.1, -0.05) is 44.7 Å². The summed E-state index contributed by atoms with van der Waals surface area (Å²) in [4.78, 5) is 20.1. The number of carbonyl (C=O) groups is 2. The Morgan fingerprint density at radius 2 is 1.53 bits per heavy atom. The summed E-state index contributed by atoms with van der Waals surface area (Å²) in [6, 6.07) is 0. The number of unbranched alkanes of at least 4 members (excludes halogenated alkanes) is 2. The van der Waals surface area contributed by atoms with Gasteiger partial charge in [0, 0.05) is 11.2 Å². The first-order chi connectivity index (χ1) is 6.95. The van der Waals surface area contributed by atoms with Crippen LogP contribution in [0.2, 0.25) is 0 Å². The van der Waals surface area contributed by atoms with E-state index in [1.807, 2.05) is 0 Å². The number of hydrogen-bond donors (Lipinski definition) is 2. The maximum atomic E-state index is 10.6. The fourth-order valence-corrected chi connectivity index (χ4v) is 1.91. The van der Waals surface area contributed by atoms with Crippen molar-refractivity contribution in [1.82, 2.24) is 0 Å². The lowest BCUT2D eigenvalue weighted by Gasteiger charge is -2.11. The second-order valence-corrected chi connectivity index (χ2v) is 5.41. The van der Waals surface area contributed by atoms with Crippen LogP contribution in [-0.2, 0) is 9.59 Å². The van der Waals surface area contributed by atoms with Crippen LogP contribution in [0.3, 0.4) is 0 Å². The molecule has 4 nitrogen and oxygen atoms in total. The van der Waals surface area contributed by atoms with Gasteiger partial charge in [-0.3, -0.25) is 9.59 Å². The second kappa shape index (κ2) is 12.9. The molecule has 0 aromatic rings. The topological polar surface area (TPSA) is 74.6 Å². The summed E-state index contributed by atoms with van der Waals surface area (Å²) in [7, 11) is 0. The molecule has 0 aromatic heterocycles. The van der Waals surface area contributed by atoms with Crippen LogP contribution in [0.4, 0.5) is 0 Å². The highest BCUT2D eigenvalue weighted by molar-refractivity contribution is 9.12. The Balaban J connectivity index is -0.000000980. The molecule has 2 atom stereocenters. The maximum Gasteiger partial charge on any atom is 0.318 e. The van der Waals surface area contributed by atoms with Crippen LogP contribution in [0, 0.1) is 0 Å². The van der Waals surface area contributed by atoms with E-state index in [2.05, 4.69) is 31.9 Å². The van der Waals surface area contributed by atoms with E-state index < -0.39 is 16.8 Å². The maximum absolute atomic E-state index is 10.6. The van der Waals surface area contributed by atoms with Gasteiger partial charge in [-0.15, -0.1) is 24.8 Å². The minimum atomic E-state index is -0.887. The summed E-state index contributed by atoms with van der Waals surface area (Å²) >= 11 is 6.34. The molecule has 0 bridgehead atoms. The molecule has 0 aliphatic heterocycles. The monoisotopic (exact) mass is 416 g/mol. The molecule has 0 radical (unpaired) electrons. The summed E-state index contributed by atoms with van der Waals surface area (Å²) in [6.45, 7) is 0. The zero-order valence-electron chi connectivity index (χ0n) is 8.97. The van der Waals surface area contributed by atoms with Crippen molar-refractivity contribution in [3.05, 3.63) is 0 Å². The molecule has 0 fully saturated rings. The van der Waals surface area contributed by atoms with Gasteiger partial charge in [-0.05, 0) is 12.8 Å². The van der Waals surface area contributed by atoms with Crippen molar-refractivity contribution in [2.75, 3.05) is 0 Å². The van der Waals surface area contributed by atoms with Crippen molar-refractivity contribution in [1.29, 1.82) is 0 Å². The number of aliphatic carboxylic acids is 2. The van der Waals surface area contributed by atoms with Gasteiger partial charge in [-0.25, -0.2) is 0 Å². The zero-order valence-corrected chi connectivity index (χ0v) is 13.8. The quantitative estimate of drug-likeness (QED) is 0.467. The molecule has 2 N–H and O–H groups in total. The second-order valence-electron chi connectivity index (χ2n) is 3.25. The lowest BCUT2D eigenvalue weighted by molar-refractivity contribution is -0.137. The smallest absolute Gasteiger partial charge is 0.318 e. The molecule has 0 rings (SSSR count). The molecule has 0 aromatic carbocycles. The Hall–Kier alpha value is 0.480. The standard InChI is InChI=1S/C9H14Br2O4.2ClH/c10-6(8(11)9(14)15)4-2-1-3-5-7(12)13;;/h6,8H,1-5H2,(H,12,13)(H,14,15);2*1H. The number of hydrogen-bond acceptors (Lipinski definition) is 2. The van der Waals surface area contributed by atoms with Crippen LogP contribution in [0.5, 0.6) is 0 Å². The van der Waals surface area contributed by atoms with Gasteiger partial charge >= 0.3 is 11.9 Å². The molecule has 0 amide bonds. The lowest BCUT2D eigenvalue weighted by atomic mass is 10.1. The number of carboxylic acid groups (broad SMARTS) is 2. The molecule has 0 aliphatic carbocycles. The van der Waals surface area contributed by atoms with E-state index in [0.717, 1.165) is 19.3 Å². The van der Waals surface area contributed by atoms with Gasteiger partial charge < -0.3 is 10.2 Å². The summed E-state index contributed by atoms with van der Waals surface area (Å²) in [5, 5.41) is 17.1. The van der Waals surface area contributed by atoms with E-state index >= 15 is 0 Å². The van der Waals surface area contributed by atoms with Crippen LogP contribution in [-0.4, -0.2) is 31.8 Å². The van der Waals surface area contributed by atoms with Gasteiger partial charge in [0.2, 0.25) is 0 Å². The van der Waals surface area contributed by atoms with E-state index in [4.69, 9.17) is 10.2 Å². The van der Waals surface area contributed by atoms with Gasteiger partial charge in [0.15, 0.2) is 0 Å². The van der Waals surface area contributed by atoms with E-state index in [0.29, 0.717) is 6.42 Å². The number of carboxylic acids is 2. The van der Waals surface area contributed by atoms with Crippen LogP contribution in [0.15, 0.2) is 0 Å². The Labute approximate surface area is 130 Å². The SMILES string of the molecule is Cl.Cl.O=C(O)CCCCCC(Br)C(Br)C(=O)O. The zero-order chi connectivity index (χ0) is 11.8. The number of alkyl halides is 2. The highest BCUT2D eigenvalue weighted by Crippen LogP contribution is 2.21. The third-order valence-electron chi connectivity index (χ3n) is 1.92. The Morgan fingerprint density at radius 3 is 1.94 bits per heavy atom. The molecule has 0 aliphatic rings. The van der Waals surface area contributed by atoms with Gasteiger partial charge in [0.25, 0.3) is 0 Å². The largest absolute Gasteiger partial charge is 0.481 e. The molecule has 0 heterocycles. The molecule has 2 unspecified atom stereocenters. The molecule has 17 heavy (non-hydrogen) atoms. The highest BCUT2D eigenvalue weighted by Gasteiger charge is 2.22. The van der Waals surface area contributed by atoms with Gasteiger partial charge in [0.05, 0.1) is 0 Å². The lowest BCUT2D eigenvalue weighted by Crippen LogP contribution is -2.23. The number of rotatable bonds is 8. The third kappa shape index (κ3) is 12.7. The summed E-state index contributed by atoms with van der Waals surface area (Å²) in [5.74, 6) is -1.67. The predicted molar refractivity (Wildman–Crippen MR) is 78.3 cm³/mol. The first-order valence-electron chi connectivity index (χ1n) is 4.68. The molecule has 0 saturated carbocycles. The molecule has 0 saturated heterocycles. The van der Waals surface area contributed by atoms with Crippen molar-refractivity contribution < 1.29 is 19.8 Å². The molecule has 0 spiro atoms. The van der Waals surface area contributed by atoms with E-state index in [-0.39, 0.29) is 36.1 Å². The van der Waals surface area contributed by atoms with Crippen molar-refractivity contribution in [2.45, 2.75) is 41.8 Å². The summed E-state index contributed by atoms with van der Waals surface area (Å²) in [5.41, 5.74) is 0. The van der Waals surface area contributed by atoms with Crippen LogP contribution >= 0.6 is 56.7 Å². The average Bonchev–Trinajstić information content (AvgIpc) is 2.15. The van der Waals surface area contributed by atoms with Crippen LogP contribution in [0.1, 0.15) is 32.1 Å².